The van der Waals surface area contributed by atoms with Crippen molar-refractivity contribution in [3.05, 3.63) is 71.3 Å². The van der Waals surface area contributed by atoms with E-state index in [4.69, 9.17) is 12.2 Å². The van der Waals surface area contributed by atoms with Crippen LogP contribution in [0.15, 0.2) is 54.6 Å². The first-order chi connectivity index (χ1) is 14.4. The van der Waals surface area contributed by atoms with Gasteiger partial charge in [-0.1, -0.05) is 42.8 Å². The molecule has 0 spiro atoms. The lowest BCUT2D eigenvalue weighted by Gasteiger charge is -2.30. The molecule has 1 heterocycles. The van der Waals surface area contributed by atoms with Crippen LogP contribution in [0, 0.1) is 12.8 Å². The summed E-state index contributed by atoms with van der Waals surface area (Å²) in [5.74, 6) is 0.382. The Kier molecular flexibility index (Phi) is 7.36. The summed E-state index contributed by atoms with van der Waals surface area (Å²) in [6.45, 7) is 5.82. The van der Waals surface area contributed by atoms with Crippen molar-refractivity contribution in [2.45, 2.75) is 26.7 Å². The Morgan fingerprint density at radius 3 is 2.50 bits per heavy atom. The summed E-state index contributed by atoms with van der Waals surface area (Å²) in [4.78, 5) is 26.8. The molecule has 0 radical (unpaired) electrons. The number of piperidine rings is 1. The van der Waals surface area contributed by atoms with Crippen LogP contribution in [-0.2, 0) is 4.79 Å². The highest BCUT2D eigenvalue weighted by Crippen LogP contribution is 2.19. The molecular formula is C24H27N3O2S. The van der Waals surface area contributed by atoms with Gasteiger partial charge in [-0.25, -0.2) is 0 Å². The van der Waals surface area contributed by atoms with Crippen molar-refractivity contribution in [1.82, 2.24) is 10.2 Å². The van der Waals surface area contributed by atoms with Gasteiger partial charge in [-0.2, -0.15) is 0 Å². The number of anilines is 1. The number of carbonyl (C=O) groups is 2. The lowest BCUT2D eigenvalue weighted by Crippen LogP contribution is -2.38. The number of thiocarbonyl (C=S) groups is 1. The van der Waals surface area contributed by atoms with Gasteiger partial charge in [0.15, 0.2) is 5.11 Å². The number of hydrogen-bond donors (Lipinski definition) is 2. The number of nitrogens with zero attached hydrogens (tertiary/aromatic N) is 1. The first-order valence-electron chi connectivity index (χ1n) is 10.2. The average molecular weight is 422 g/mol. The predicted octanol–water partition coefficient (Wildman–Crippen LogP) is 4.39. The van der Waals surface area contributed by atoms with Crippen LogP contribution >= 0.6 is 12.2 Å². The molecule has 0 bridgehead atoms. The molecule has 0 aliphatic carbocycles. The SMILES string of the molecule is Cc1ccc(/C=C/C(=O)NC(=S)Nc2cccc(C(=O)N3CCC(C)CC3)c2)cc1. The number of rotatable bonds is 4. The van der Waals surface area contributed by atoms with Gasteiger partial charge in [0.2, 0.25) is 5.91 Å². The molecule has 1 saturated heterocycles. The van der Waals surface area contributed by atoms with Crippen molar-refractivity contribution in [2.75, 3.05) is 18.4 Å². The normalized spacial score (nSPS) is 14.5. The van der Waals surface area contributed by atoms with E-state index in [2.05, 4.69) is 17.6 Å². The molecule has 1 aliphatic heterocycles. The fraction of sp³-hybridized carbons (Fsp3) is 0.292. The number of likely N-dealkylation sites (tertiary alicyclic amines) is 1. The lowest BCUT2D eigenvalue weighted by molar-refractivity contribution is -0.115. The average Bonchev–Trinajstić information content (AvgIpc) is 2.73. The number of hydrogen-bond acceptors (Lipinski definition) is 3. The van der Waals surface area contributed by atoms with Crippen molar-refractivity contribution < 1.29 is 9.59 Å². The first kappa shape index (κ1) is 21.7. The Balaban J connectivity index is 1.55. The molecular weight excluding hydrogens is 394 g/mol. The highest BCUT2D eigenvalue weighted by Gasteiger charge is 2.21. The van der Waals surface area contributed by atoms with E-state index >= 15 is 0 Å². The summed E-state index contributed by atoms with van der Waals surface area (Å²) in [5, 5.41) is 5.79. The van der Waals surface area contributed by atoms with Gasteiger partial charge in [-0.15, -0.1) is 0 Å². The van der Waals surface area contributed by atoms with Gasteiger partial charge in [0.05, 0.1) is 0 Å². The molecule has 2 aromatic carbocycles. The first-order valence-corrected chi connectivity index (χ1v) is 10.6. The summed E-state index contributed by atoms with van der Waals surface area (Å²) in [7, 11) is 0. The highest BCUT2D eigenvalue weighted by atomic mass is 32.1. The van der Waals surface area contributed by atoms with Crippen LogP contribution in [0.25, 0.3) is 6.08 Å². The molecule has 156 valence electrons. The number of aryl methyl sites for hydroxylation is 1. The van der Waals surface area contributed by atoms with E-state index in [0.29, 0.717) is 17.2 Å². The van der Waals surface area contributed by atoms with Crippen LogP contribution in [-0.4, -0.2) is 34.9 Å². The Morgan fingerprint density at radius 1 is 1.10 bits per heavy atom. The number of benzene rings is 2. The molecule has 0 atom stereocenters. The second-order valence-electron chi connectivity index (χ2n) is 7.74. The van der Waals surface area contributed by atoms with Gasteiger partial charge in [-0.05, 0) is 67.7 Å². The smallest absolute Gasteiger partial charge is 0.253 e. The summed E-state index contributed by atoms with van der Waals surface area (Å²) < 4.78 is 0. The van der Waals surface area contributed by atoms with E-state index in [0.717, 1.165) is 37.1 Å². The van der Waals surface area contributed by atoms with Gasteiger partial charge in [0, 0.05) is 30.4 Å². The quantitative estimate of drug-likeness (QED) is 0.568. The second kappa shape index (κ2) is 10.2. The Bertz CT molecular complexity index is 945. The van der Waals surface area contributed by atoms with E-state index in [1.54, 1.807) is 18.2 Å². The molecule has 6 heteroatoms. The monoisotopic (exact) mass is 421 g/mol. The summed E-state index contributed by atoms with van der Waals surface area (Å²) in [6.07, 6.45) is 5.25. The minimum Gasteiger partial charge on any atom is -0.339 e. The van der Waals surface area contributed by atoms with E-state index in [9.17, 15) is 9.59 Å². The highest BCUT2D eigenvalue weighted by molar-refractivity contribution is 7.80. The molecule has 0 unspecified atom stereocenters. The van der Waals surface area contributed by atoms with E-state index in [1.165, 1.54) is 6.08 Å². The van der Waals surface area contributed by atoms with E-state index < -0.39 is 0 Å². The molecule has 0 saturated carbocycles. The lowest BCUT2D eigenvalue weighted by atomic mass is 9.98. The predicted molar refractivity (Wildman–Crippen MR) is 125 cm³/mol. The zero-order valence-corrected chi connectivity index (χ0v) is 18.2. The van der Waals surface area contributed by atoms with Crippen molar-refractivity contribution in [1.29, 1.82) is 0 Å². The Hall–Kier alpha value is -2.99. The minimum absolute atomic E-state index is 0.0292. The Labute approximate surface area is 183 Å². The van der Waals surface area contributed by atoms with Crippen LogP contribution < -0.4 is 10.6 Å². The summed E-state index contributed by atoms with van der Waals surface area (Å²) in [6, 6.07) is 15.1. The third-order valence-electron chi connectivity index (χ3n) is 5.18. The second-order valence-corrected chi connectivity index (χ2v) is 8.15. The number of carbonyl (C=O) groups excluding carboxylic acids is 2. The molecule has 2 aromatic rings. The molecule has 1 fully saturated rings. The van der Waals surface area contributed by atoms with Crippen molar-refractivity contribution >= 4 is 40.9 Å². The molecule has 0 aromatic heterocycles. The van der Waals surface area contributed by atoms with Crippen LogP contribution in [0.3, 0.4) is 0 Å². The number of amides is 2. The molecule has 2 N–H and O–H groups in total. The zero-order valence-electron chi connectivity index (χ0n) is 17.4. The third-order valence-corrected chi connectivity index (χ3v) is 5.38. The van der Waals surface area contributed by atoms with E-state index in [-0.39, 0.29) is 16.9 Å². The topological polar surface area (TPSA) is 61.4 Å². The van der Waals surface area contributed by atoms with E-state index in [1.807, 2.05) is 48.2 Å². The summed E-state index contributed by atoms with van der Waals surface area (Å²) in [5.41, 5.74) is 3.38. The van der Waals surface area contributed by atoms with Crippen LogP contribution in [0.1, 0.15) is 41.3 Å². The molecule has 5 nitrogen and oxygen atoms in total. The van der Waals surface area contributed by atoms with Crippen molar-refractivity contribution in [3.8, 4) is 0 Å². The van der Waals surface area contributed by atoms with Crippen molar-refractivity contribution in [2.24, 2.45) is 5.92 Å². The Morgan fingerprint density at radius 2 is 1.80 bits per heavy atom. The van der Waals surface area contributed by atoms with Crippen molar-refractivity contribution in [3.63, 3.8) is 0 Å². The molecule has 2 amide bonds. The fourth-order valence-corrected chi connectivity index (χ4v) is 3.51. The van der Waals surface area contributed by atoms with Gasteiger partial charge in [0.1, 0.15) is 0 Å². The van der Waals surface area contributed by atoms with Crippen LogP contribution in [0.2, 0.25) is 0 Å². The zero-order chi connectivity index (χ0) is 21.5. The maximum absolute atomic E-state index is 12.7. The molecule has 1 aliphatic rings. The van der Waals surface area contributed by atoms with Gasteiger partial charge in [0.25, 0.3) is 5.91 Å². The van der Waals surface area contributed by atoms with Crippen LogP contribution in [0.4, 0.5) is 5.69 Å². The maximum Gasteiger partial charge on any atom is 0.253 e. The fourth-order valence-electron chi connectivity index (χ4n) is 3.29. The van der Waals surface area contributed by atoms with Crippen LogP contribution in [0.5, 0.6) is 0 Å². The number of nitrogens with one attached hydrogen (secondary N) is 2. The van der Waals surface area contributed by atoms with Gasteiger partial charge < -0.3 is 10.2 Å². The largest absolute Gasteiger partial charge is 0.339 e. The third kappa shape index (κ3) is 6.26. The summed E-state index contributed by atoms with van der Waals surface area (Å²) >= 11 is 5.24. The standard InChI is InChI=1S/C24H27N3O2S/c1-17-6-8-19(9-7-17)10-11-22(28)26-24(30)25-21-5-3-4-20(16-21)23(29)27-14-12-18(2)13-15-27/h3-11,16,18H,12-15H2,1-2H3,(H2,25,26,28,30)/b11-10+. The van der Waals surface area contributed by atoms with Gasteiger partial charge in [-0.3, -0.25) is 14.9 Å². The minimum atomic E-state index is -0.317. The molecule has 30 heavy (non-hydrogen) atoms. The van der Waals surface area contributed by atoms with Gasteiger partial charge >= 0.3 is 0 Å². The molecule has 3 rings (SSSR count). The maximum atomic E-state index is 12.7.